The molecule has 0 fully saturated rings. The second-order valence-corrected chi connectivity index (χ2v) is 2.59. The normalized spacial score (nSPS) is 9.83. The number of rotatable bonds is 3. The van der Waals surface area contributed by atoms with Gasteiger partial charge in [0.05, 0.1) is 12.9 Å². The van der Waals surface area contributed by atoms with Crippen LogP contribution in [0.3, 0.4) is 0 Å². The first kappa shape index (κ1) is 9.13. The summed E-state index contributed by atoms with van der Waals surface area (Å²) in [6, 6.07) is 1.49. The van der Waals surface area contributed by atoms with Crippen molar-refractivity contribution >= 4 is 17.6 Å². The van der Waals surface area contributed by atoms with Crippen molar-refractivity contribution in [2.24, 2.45) is 0 Å². The van der Waals surface area contributed by atoms with Crippen molar-refractivity contribution in [3.05, 3.63) is 23.1 Å². The first-order valence-electron chi connectivity index (χ1n) is 3.65. The molecular formula is C8H9ClO3. The van der Waals surface area contributed by atoms with Crippen LogP contribution in [0.2, 0.25) is 5.22 Å². The Morgan fingerprint density at radius 2 is 2.50 bits per heavy atom. The fourth-order valence-electron chi connectivity index (χ4n) is 0.712. The molecule has 0 aliphatic rings. The third-order valence-corrected chi connectivity index (χ3v) is 1.57. The van der Waals surface area contributed by atoms with Crippen LogP contribution >= 0.6 is 11.6 Å². The van der Waals surface area contributed by atoms with E-state index in [1.807, 2.05) is 6.92 Å². The Morgan fingerprint density at radius 1 is 1.75 bits per heavy atom. The van der Waals surface area contributed by atoms with E-state index in [2.05, 4.69) is 0 Å². The molecule has 0 amide bonds. The van der Waals surface area contributed by atoms with E-state index < -0.39 is 5.97 Å². The van der Waals surface area contributed by atoms with E-state index in [-0.39, 0.29) is 10.8 Å². The highest BCUT2D eigenvalue weighted by Gasteiger charge is 2.13. The molecule has 0 spiro atoms. The molecule has 0 aromatic carbocycles. The molecule has 1 aromatic rings. The van der Waals surface area contributed by atoms with Gasteiger partial charge in [-0.3, -0.25) is 0 Å². The van der Waals surface area contributed by atoms with Gasteiger partial charge in [-0.1, -0.05) is 6.92 Å². The van der Waals surface area contributed by atoms with Gasteiger partial charge in [-0.2, -0.15) is 0 Å². The molecule has 0 aliphatic heterocycles. The molecule has 12 heavy (non-hydrogen) atoms. The molecule has 0 saturated heterocycles. The standard InChI is InChI=1S/C8H9ClO3/c1-2-4-12-8(10)6-3-5-11-7(6)9/h3,5H,2,4H2,1H3. The largest absolute Gasteiger partial charge is 0.462 e. The van der Waals surface area contributed by atoms with Crippen LogP contribution in [0.5, 0.6) is 0 Å². The predicted octanol–water partition coefficient (Wildman–Crippen LogP) is 2.50. The summed E-state index contributed by atoms with van der Waals surface area (Å²) in [5.74, 6) is -0.435. The zero-order valence-corrected chi connectivity index (χ0v) is 7.43. The Labute approximate surface area is 75.3 Å². The number of halogens is 1. The van der Waals surface area contributed by atoms with Gasteiger partial charge >= 0.3 is 5.97 Å². The van der Waals surface area contributed by atoms with Crippen LogP contribution in [-0.4, -0.2) is 12.6 Å². The Bertz CT molecular complexity index is 267. The minimum atomic E-state index is -0.435. The van der Waals surface area contributed by atoms with Crippen LogP contribution in [0.25, 0.3) is 0 Å². The van der Waals surface area contributed by atoms with Gasteiger partial charge in [0.15, 0.2) is 0 Å². The van der Waals surface area contributed by atoms with E-state index in [9.17, 15) is 4.79 Å². The number of carbonyl (C=O) groups excluding carboxylic acids is 1. The third kappa shape index (κ3) is 2.01. The van der Waals surface area contributed by atoms with Crippen LogP contribution < -0.4 is 0 Å². The quantitative estimate of drug-likeness (QED) is 0.685. The van der Waals surface area contributed by atoms with Crippen molar-refractivity contribution in [2.75, 3.05) is 6.61 Å². The van der Waals surface area contributed by atoms with Crippen LogP contribution in [0.1, 0.15) is 23.7 Å². The fourth-order valence-corrected chi connectivity index (χ4v) is 0.903. The number of hydrogen-bond donors (Lipinski definition) is 0. The molecule has 3 nitrogen and oxygen atoms in total. The number of ether oxygens (including phenoxy) is 1. The summed E-state index contributed by atoms with van der Waals surface area (Å²) in [5, 5.41) is 0.0797. The van der Waals surface area contributed by atoms with E-state index in [0.717, 1.165) is 6.42 Å². The topological polar surface area (TPSA) is 39.4 Å². The molecule has 0 aliphatic carbocycles. The first-order valence-corrected chi connectivity index (χ1v) is 4.03. The highest BCUT2D eigenvalue weighted by Crippen LogP contribution is 2.17. The van der Waals surface area contributed by atoms with E-state index in [1.54, 1.807) is 0 Å². The Kier molecular flexibility index (Phi) is 3.17. The average molecular weight is 189 g/mol. The van der Waals surface area contributed by atoms with Gasteiger partial charge in [0.1, 0.15) is 5.56 Å². The molecule has 1 heterocycles. The summed E-state index contributed by atoms with van der Waals surface area (Å²) in [7, 11) is 0. The molecule has 66 valence electrons. The number of esters is 1. The van der Waals surface area contributed by atoms with E-state index in [4.69, 9.17) is 20.8 Å². The molecule has 0 atom stereocenters. The minimum absolute atomic E-state index is 0.0797. The van der Waals surface area contributed by atoms with Gasteiger partial charge in [-0.15, -0.1) is 0 Å². The molecule has 0 N–H and O–H groups in total. The summed E-state index contributed by atoms with van der Waals surface area (Å²) in [6.45, 7) is 2.32. The van der Waals surface area contributed by atoms with E-state index in [0.29, 0.717) is 6.61 Å². The molecule has 0 bridgehead atoms. The summed E-state index contributed by atoms with van der Waals surface area (Å²) in [4.78, 5) is 11.1. The maximum Gasteiger partial charge on any atom is 0.343 e. The van der Waals surface area contributed by atoms with Crippen molar-refractivity contribution in [3.8, 4) is 0 Å². The summed E-state index contributed by atoms with van der Waals surface area (Å²) >= 11 is 5.55. The molecular weight excluding hydrogens is 180 g/mol. The van der Waals surface area contributed by atoms with E-state index >= 15 is 0 Å². The van der Waals surface area contributed by atoms with Crippen LogP contribution in [0, 0.1) is 0 Å². The number of carbonyl (C=O) groups is 1. The highest BCUT2D eigenvalue weighted by molar-refractivity contribution is 6.31. The van der Waals surface area contributed by atoms with E-state index in [1.165, 1.54) is 12.3 Å². The lowest BCUT2D eigenvalue weighted by Crippen LogP contribution is -2.04. The van der Waals surface area contributed by atoms with Gasteiger partial charge < -0.3 is 9.15 Å². The minimum Gasteiger partial charge on any atom is -0.462 e. The smallest absolute Gasteiger partial charge is 0.343 e. The van der Waals surface area contributed by atoms with Gasteiger partial charge in [-0.05, 0) is 24.1 Å². The van der Waals surface area contributed by atoms with Gasteiger partial charge in [0, 0.05) is 0 Å². The van der Waals surface area contributed by atoms with Crippen molar-refractivity contribution in [3.63, 3.8) is 0 Å². The van der Waals surface area contributed by atoms with Crippen molar-refractivity contribution in [1.29, 1.82) is 0 Å². The van der Waals surface area contributed by atoms with Crippen LogP contribution in [0.15, 0.2) is 16.7 Å². The Balaban J connectivity index is 2.59. The maximum absolute atomic E-state index is 11.1. The monoisotopic (exact) mass is 188 g/mol. The predicted molar refractivity (Wildman–Crippen MR) is 44.3 cm³/mol. The third-order valence-electron chi connectivity index (χ3n) is 1.28. The van der Waals surface area contributed by atoms with Gasteiger partial charge in [0.2, 0.25) is 5.22 Å². The first-order chi connectivity index (χ1) is 5.75. The lowest BCUT2D eigenvalue weighted by Gasteiger charge is -1.99. The Morgan fingerprint density at radius 3 is 3.00 bits per heavy atom. The highest BCUT2D eigenvalue weighted by atomic mass is 35.5. The summed E-state index contributed by atoms with van der Waals surface area (Å²) in [5.41, 5.74) is 0.283. The van der Waals surface area contributed by atoms with Crippen LogP contribution in [0.4, 0.5) is 0 Å². The fraction of sp³-hybridized carbons (Fsp3) is 0.375. The second-order valence-electron chi connectivity index (χ2n) is 2.24. The number of furan rings is 1. The van der Waals surface area contributed by atoms with Gasteiger partial charge in [0.25, 0.3) is 0 Å². The van der Waals surface area contributed by atoms with Crippen molar-refractivity contribution in [1.82, 2.24) is 0 Å². The number of hydrogen-bond acceptors (Lipinski definition) is 3. The molecule has 0 unspecified atom stereocenters. The average Bonchev–Trinajstić information content (AvgIpc) is 2.47. The lowest BCUT2D eigenvalue weighted by molar-refractivity contribution is 0.0504. The zero-order valence-electron chi connectivity index (χ0n) is 6.67. The molecule has 1 aromatic heterocycles. The Hall–Kier alpha value is -0.960. The molecule has 0 saturated carbocycles. The van der Waals surface area contributed by atoms with Crippen molar-refractivity contribution in [2.45, 2.75) is 13.3 Å². The lowest BCUT2D eigenvalue weighted by atomic mass is 10.3. The summed E-state index contributed by atoms with van der Waals surface area (Å²) < 4.78 is 9.56. The van der Waals surface area contributed by atoms with Gasteiger partial charge in [-0.25, -0.2) is 4.79 Å². The summed E-state index contributed by atoms with van der Waals surface area (Å²) in [6.07, 6.45) is 2.14. The maximum atomic E-state index is 11.1. The molecule has 4 heteroatoms. The zero-order chi connectivity index (χ0) is 8.97. The molecule has 1 rings (SSSR count). The van der Waals surface area contributed by atoms with Crippen molar-refractivity contribution < 1.29 is 13.9 Å². The van der Waals surface area contributed by atoms with Crippen LogP contribution in [-0.2, 0) is 4.74 Å². The second kappa shape index (κ2) is 4.16. The molecule has 0 radical (unpaired) electrons. The SMILES string of the molecule is CCCOC(=O)c1ccoc1Cl.